The lowest BCUT2D eigenvalue weighted by atomic mass is 10.0. The molecular weight excluding hydrogens is 550 g/mol. The maximum absolute atomic E-state index is 13.8. The minimum absolute atomic E-state index is 0.164. The fourth-order valence-corrected chi connectivity index (χ4v) is 6.39. The lowest BCUT2D eigenvalue weighted by Gasteiger charge is -2.18. The SMILES string of the molecule is COc1ccccc1Cn1cc(C(=O)O)c(=O)c2c(CN(C)Cc3ccccc3)c(-c3ccc(NC(C)=O)cc3)sc21. The molecule has 0 fully saturated rings. The molecule has 0 aliphatic rings. The van der Waals surface area contributed by atoms with Gasteiger partial charge in [-0.25, -0.2) is 4.79 Å². The number of anilines is 1. The number of nitrogens with zero attached hydrogens (tertiary/aromatic N) is 2. The second-order valence-corrected chi connectivity index (χ2v) is 11.1. The Morgan fingerprint density at radius 1 is 0.976 bits per heavy atom. The smallest absolute Gasteiger partial charge is 0.341 e. The van der Waals surface area contributed by atoms with Crippen molar-refractivity contribution in [3.05, 3.63) is 118 Å². The minimum atomic E-state index is -1.27. The second kappa shape index (κ2) is 12.4. The van der Waals surface area contributed by atoms with Crippen LogP contribution in [-0.2, 0) is 24.4 Å². The van der Waals surface area contributed by atoms with Crippen LogP contribution in [0.25, 0.3) is 20.7 Å². The van der Waals surface area contributed by atoms with Crippen LogP contribution < -0.4 is 15.5 Å². The molecule has 42 heavy (non-hydrogen) atoms. The number of benzene rings is 3. The molecule has 0 saturated carbocycles. The van der Waals surface area contributed by atoms with Gasteiger partial charge < -0.3 is 19.7 Å². The summed E-state index contributed by atoms with van der Waals surface area (Å²) in [5, 5.41) is 13.2. The predicted molar refractivity (Wildman–Crippen MR) is 166 cm³/mol. The molecule has 0 saturated heterocycles. The highest BCUT2D eigenvalue weighted by Gasteiger charge is 2.24. The van der Waals surface area contributed by atoms with Gasteiger partial charge in [0.15, 0.2) is 0 Å². The normalized spacial score (nSPS) is 11.1. The van der Waals surface area contributed by atoms with Crippen molar-refractivity contribution >= 4 is 39.1 Å². The maximum Gasteiger partial charge on any atom is 0.341 e. The third kappa shape index (κ3) is 6.12. The number of nitrogens with one attached hydrogen (secondary N) is 1. The number of carboxylic acids is 1. The first-order valence-corrected chi connectivity index (χ1v) is 14.2. The maximum atomic E-state index is 13.8. The highest BCUT2D eigenvalue weighted by atomic mass is 32.1. The van der Waals surface area contributed by atoms with E-state index in [0.29, 0.717) is 41.3 Å². The molecule has 214 valence electrons. The molecule has 5 rings (SSSR count). The molecule has 0 aliphatic carbocycles. The van der Waals surface area contributed by atoms with Gasteiger partial charge in [0.1, 0.15) is 16.1 Å². The number of rotatable bonds is 10. The van der Waals surface area contributed by atoms with Gasteiger partial charge in [0.05, 0.1) is 19.0 Å². The van der Waals surface area contributed by atoms with E-state index in [2.05, 4.69) is 10.2 Å². The van der Waals surface area contributed by atoms with Crippen molar-refractivity contribution in [2.75, 3.05) is 19.5 Å². The van der Waals surface area contributed by atoms with E-state index >= 15 is 0 Å². The summed E-state index contributed by atoms with van der Waals surface area (Å²) in [6.45, 7) is 2.84. The van der Waals surface area contributed by atoms with E-state index < -0.39 is 11.4 Å². The lowest BCUT2D eigenvalue weighted by molar-refractivity contribution is -0.114. The van der Waals surface area contributed by atoms with Crippen LogP contribution in [0.2, 0.25) is 0 Å². The van der Waals surface area contributed by atoms with Gasteiger partial charge in [0, 0.05) is 42.3 Å². The summed E-state index contributed by atoms with van der Waals surface area (Å²) in [5.41, 5.74) is 3.50. The number of carbonyl (C=O) groups excluding carboxylic acids is 1. The minimum Gasteiger partial charge on any atom is -0.496 e. The molecule has 0 atom stereocenters. The monoisotopic (exact) mass is 581 g/mol. The first-order valence-electron chi connectivity index (χ1n) is 13.4. The largest absolute Gasteiger partial charge is 0.496 e. The van der Waals surface area contributed by atoms with Crippen LogP contribution in [0.4, 0.5) is 5.69 Å². The van der Waals surface area contributed by atoms with Crippen LogP contribution in [0, 0.1) is 0 Å². The number of para-hydroxylation sites is 1. The average molecular weight is 582 g/mol. The number of hydrogen-bond donors (Lipinski definition) is 2. The molecular formula is C33H31N3O5S. The van der Waals surface area contributed by atoms with E-state index in [1.807, 2.05) is 90.5 Å². The molecule has 0 bridgehead atoms. The third-order valence-electron chi connectivity index (χ3n) is 6.96. The molecule has 2 aromatic heterocycles. The van der Waals surface area contributed by atoms with Crippen LogP contribution in [0.3, 0.4) is 0 Å². The molecule has 0 aliphatic heterocycles. The summed E-state index contributed by atoms with van der Waals surface area (Å²) in [7, 11) is 3.58. The van der Waals surface area contributed by atoms with E-state index in [-0.39, 0.29) is 11.5 Å². The summed E-state index contributed by atoms with van der Waals surface area (Å²) in [6, 6.07) is 25.0. The number of hydrogen-bond acceptors (Lipinski definition) is 6. The van der Waals surface area contributed by atoms with Crippen LogP contribution in [0.5, 0.6) is 5.75 Å². The molecule has 5 aromatic rings. The van der Waals surface area contributed by atoms with Crippen LogP contribution in [-0.4, -0.2) is 40.6 Å². The first-order chi connectivity index (χ1) is 20.2. The zero-order valence-corrected chi connectivity index (χ0v) is 24.4. The molecule has 2 heterocycles. The molecule has 0 unspecified atom stereocenters. The number of thiophene rings is 1. The van der Waals surface area contributed by atoms with Gasteiger partial charge in [-0.05, 0) is 41.9 Å². The van der Waals surface area contributed by atoms with E-state index in [1.54, 1.807) is 7.11 Å². The van der Waals surface area contributed by atoms with E-state index in [1.165, 1.54) is 24.5 Å². The highest BCUT2D eigenvalue weighted by Crippen LogP contribution is 2.39. The third-order valence-corrected chi connectivity index (χ3v) is 8.28. The Kier molecular flexibility index (Phi) is 8.51. The Morgan fingerprint density at radius 3 is 2.33 bits per heavy atom. The summed E-state index contributed by atoms with van der Waals surface area (Å²) in [6.07, 6.45) is 1.43. The number of carboxylic acid groups (broad SMARTS) is 1. The zero-order valence-electron chi connectivity index (χ0n) is 23.6. The van der Waals surface area contributed by atoms with Gasteiger partial charge in [-0.1, -0.05) is 60.7 Å². The quantitative estimate of drug-likeness (QED) is 0.208. The van der Waals surface area contributed by atoms with Gasteiger partial charge in [-0.15, -0.1) is 11.3 Å². The second-order valence-electron chi connectivity index (χ2n) is 10.1. The predicted octanol–water partition coefficient (Wildman–Crippen LogP) is 6.08. The molecule has 0 spiro atoms. The molecule has 9 heteroatoms. The molecule has 8 nitrogen and oxygen atoms in total. The lowest BCUT2D eigenvalue weighted by Crippen LogP contribution is -2.22. The number of fused-ring (bicyclic) bond motifs is 1. The van der Waals surface area contributed by atoms with Crippen molar-refractivity contribution in [3.8, 4) is 16.2 Å². The van der Waals surface area contributed by atoms with E-state index in [4.69, 9.17) is 4.74 Å². The number of amides is 1. The number of aromatic nitrogens is 1. The number of methoxy groups -OCH3 is 1. The number of pyridine rings is 1. The fourth-order valence-electron chi connectivity index (χ4n) is 5.10. The number of carbonyl (C=O) groups is 2. The van der Waals surface area contributed by atoms with Crippen LogP contribution >= 0.6 is 11.3 Å². The standard InChI is InChI=1S/C33H31N3O5S/c1-21(37)34-25-15-13-23(14-16-25)31-26(19-35(2)17-22-9-5-4-6-10-22)29-30(38)27(33(39)40)20-36(32(29)42-31)18-24-11-7-8-12-28(24)41-3/h4-16,20H,17-19H2,1-3H3,(H,34,37)(H,39,40). The molecule has 3 aromatic carbocycles. The van der Waals surface area contributed by atoms with Gasteiger partial charge in [0.25, 0.3) is 0 Å². The highest BCUT2D eigenvalue weighted by molar-refractivity contribution is 7.22. The summed E-state index contributed by atoms with van der Waals surface area (Å²) in [4.78, 5) is 41.3. The van der Waals surface area contributed by atoms with Gasteiger partial charge in [-0.3, -0.25) is 14.5 Å². The van der Waals surface area contributed by atoms with Crippen molar-refractivity contribution in [2.45, 2.75) is 26.6 Å². The van der Waals surface area contributed by atoms with E-state index in [0.717, 1.165) is 27.1 Å². The first kappa shape index (κ1) is 28.8. The van der Waals surface area contributed by atoms with E-state index in [9.17, 15) is 19.5 Å². The van der Waals surface area contributed by atoms with Crippen LogP contribution in [0.15, 0.2) is 89.9 Å². The van der Waals surface area contributed by atoms with Gasteiger partial charge >= 0.3 is 5.97 Å². The number of aromatic carboxylic acids is 1. The Hall–Kier alpha value is -4.73. The summed E-state index contributed by atoms with van der Waals surface area (Å²) < 4.78 is 7.38. The van der Waals surface area contributed by atoms with Gasteiger partial charge in [0.2, 0.25) is 11.3 Å². The average Bonchev–Trinajstić information content (AvgIpc) is 3.34. The Labute approximate surface area is 247 Å². The Morgan fingerprint density at radius 2 is 1.67 bits per heavy atom. The Bertz CT molecular complexity index is 1810. The number of ether oxygens (including phenoxy) is 1. The fraction of sp³-hybridized carbons (Fsp3) is 0.182. The Balaban J connectivity index is 1.70. The van der Waals surface area contributed by atoms with Crippen molar-refractivity contribution in [3.63, 3.8) is 0 Å². The van der Waals surface area contributed by atoms with Crippen molar-refractivity contribution in [2.24, 2.45) is 0 Å². The summed E-state index contributed by atoms with van der Waals surface area (Å²) in [5.74, 6) is -0.761. The summed E-state index contributed by atoms with van der Waals surface area (Å²) >= 11 is 1.45. The van der Waals surface area contributed by atoms with Crippen LogP contribution in [0.1, 0.15) is 34.0 Å². The van der Waals surface area contributed by atoms with Crippen molar-refractivity contribution < 1.29 is 19.4 Å². The van der Waals surface area contributed by atoms with Crippen molar-refractivity contribution in [1.29, 1.82) is 0 Å². The zero-order chi connectivity index (χ0) is 29.8. The van der Waals surface area contributed by atoms with Crippen molar-refractivity contribution in [1.82, 2.24) is 9.47 Å². The molecule has 2 N–H and O–H groups in total. The molecule has 1 amide bonds. The molecule has 0 radical (unpaired) electrons. The topological polar surface area (TPSA) is 101 Å². The van der Waals surface area contributed by atoms with Gasteiger partial charge in [-0.2, -0.15) is 0 Å².